The summed E-state index contributed by atoms with van der Waals surface area (Å²) in [5, 5.41) is 0. The summed E-state index contributed by atoms with van der Waals surface area (Å²) in [6.07, 6.45) is 24.5. The van der Waals surface area contributed by atoms with Crippen molar-refractivity contribution in [2.45, 2.75) is 70.6 Å². The molecule has 0 heterocycles. The van der Waals surface area contributed by atoms with E-state index in [4.69, 9.17) is 0 Å². The smallest absolute Gasteiger partial charge is 0.0348 e. The Morgan fingerprint density at radius 3 is 1.13 bits per heavy atom. The lowest BCUT2D eigenvalue weighted by molar-refractivity contribution is 0.562. The zero-order valence-electron chi connectivity index (χ0n) is 10.1. The Kier molecular flexibility index (Phi) is 8.38. The molecule has 0 N–H and O–H groups in total. The second kappa shape index (κ2) is 10.0. The Balaban J connectivity index is 2.16. The normalized spacial score (nSPS) is 24.0. The fourth-order valence-electron chi connectivity index (χ4n) is 2.11. The second-order valence-corrected chi connectivity index (χ2v) is 4.62. The van der Waals surface area contributed by atoms with Gasteiger partial charge in [0.15, 0.2) is 0 Å². The van der Waals surface area contributed by atoms with Gasteiger partial charge in [0.25, 0.3) is 0 Å². The number of hydrogen-bond acceptors (Lipinski definition) is 0. The first-order valence-corrected chi connectivity index (χ1v) is 6.82. The standard InChI is InChI=1S/C15H26/c1-2-4-6-8-10-12-14-15-13-11-9-7-5-3-1/h1-4H,5-15H2/b3-1+,4-2?. The highest BCUT2D eigenvalue weighted by atomic mass is 14.0. The lowest BCUT2D eigenvalue weighted by Gasteiger charge is -2.00. The summed E-state index contributed by atoms with van der Waals surface area (Å²) in [6.45, 7) is 0. The number of rotatable bonds is 0. The van der Waals surface area contributed by atoms with Crippen LogP contribution in [0.25, 0.3) is 0 Å². The van der Waals surface area contributed by atoms with Crippen molar-refractivity contribution >= 4 is 0 Å². The zero-order chi connectivity index (χ0) is 10.6. The maximum Gasteiger partial charge on any atom is -0.0348 e. The van der Waals surface area contributed by atoms with Gasteiger partial charge in [0.1, 0.15) is 0 Å². The monoisotopic (exact) mass is 206 g/mol. The summed E-state index contributed by atoms with van der Waals surface area (Å²) in [5.74, 6) is 0. The van der Waals surface area contributed by atoms with Gasteiger partial charge in [0.05, 0.1) is 0 Å². The van der Waals surface area contributed by atoms with E-state index in [2.05, 4.69) is 24.3 Å². The Morgan fingerprint density at radius 1 is 0.400 bits per heavy atom. The molecule has 0 unspecified atom stereocenters. The van der Waals surface area contributed by atoms with E-state index >= 15 is 0 Å². The minimum absolute atomic E-state index is 1.27. The van der Waals surface area contributed by atoms with Gasteiger partial charge in [-0.25, -0.2) is 0 Å². The van der Waals surface area contributed by atoms with Crippen molar-refractivity contribution in [3.8, 4) is 0 Å². The molecule has 1 aliphatic carbocycles. The third kappa shape index (κ3) is 8.47. The summed E-state index contributed by atoms with van der Waals surface area (Å²) in [4.78, 5) is 0. The number of allylic oxidation sites excluding steroid dienone is 4. The van der Waals surface area contributed by atoms with Crippen molar-refractivity contribution in [3.05, 3.63) is 24.3 Å². The molecule has 0 amide bonds. The highest BCUT2D eigenvalue weighted by Crippen LogP contribution is 2.12. The van der Waals surface area contributed by atoms with Gasteiger partial charge >= 0.3 is 0 Å². The van der Waals surface area contributed by atoms with Crippen LogP contribution in [0.15, 0.2) is 24.3 Å². The maximum atomic E-state index is 2.32. The fraction of sp³-hybridized carbons (Fsp3) is 0.733. The largest absolute Gasteiger partial charge is 0.0845 e. The SMILES string of the molecule is C1=CCCCCCCCCCCC/C=C/1. The van der Waals surface area contributed by atoms with Gasteiger partial charge in [-0.2, -0.15) is 0 Å². The summed E-state index contributed by atoms with van der Waals surface area (Å²) in [7, 11) is 0. The summed E-state index contributed by atoms with van der Waals surface area (Å²) >= 11 is 0. The molecule has 0 aromatic carbocycles. The van der Waals surface area contributed by atoms with E-state index in [-0.39, 0.29) is 0 Å². The predicted octanol–water partition coefficient (Wildman–Crippen LogP) is 5.40. The van der Waals surface area contributed by atoms with Gasteiger partial charge < -0.3 is 0 Å². The van der Waals surface area contributed by atoms with Crippen LogP contribution < -0.4 is 0 Å². The molecule has 0 atom stereocenters. The molecule has 1 aliphatic rings. The maximum absolute atomic E-state index is 2.32. The molecule has 0 nitrogen and oxygen atoms in total. The van der Waals surface area contributed by atoms with Gasteiger partial charge in [-0.1, -0.05) is 69.2 Å². The van der Waals surface area contributed by atoms with E-state index in [1.54, 1.807) is 0 Å². The zero-order valence-corrected chi connectivity index (χ0v) is 10.1. The third-order valence-corrected chi connectivity index (χ3v) is 3.12. The molecule has 0 aromatic heterocycles. The molecule has 86 valence electrons. The average molecular weight is 206 g/mol. The molecule has 0 aromatic rings. The molecule has 0 saturated carbocycles. The van der Waals surface area contributed by atoms with Crippen LogP contribution in [0.5, 0.6) is 0 Å². The quantitative estimate of drug-likeness (QED) is 0.497. The molecule has 0 aliphatic heterocycles. The van der Waals surface area contributed by atoms with Crippen LogP contribution in [-0.2, 0) is 0 Å². The van der Waals surface area contributed by atoms with Crippen molar-refractivity contribution in [3.63, 3.8) is 0 Å². The Bertz CT molecular complexity index is 156. The van der Waals surface area contributed by atoms with Gasteiger partial charge in [-0.05, 0) is 25.7 Å². The van der Waals surface area contributed by atoms with Crippen molar-refractivity contribution < 1.29 is 0 Å². The van der Waals surface area contributed by atoms with E-state index in [1.807, 2.05) is 0 Å². The lowest BCUT2D eigenvalue weighted by atomic mass is 10.1. The predicted molar refractivity (Wildman–Crippen MR) is 69.1 cm³/mol. The lowest BCUT2D eigenvalue weighted by Crippen LogP contribution is -1.81. The molecule has 0 saturated heterocycles. The highest BCUT2D eigenvalue weighted by molar-refractivity contribution is 5.02. The van der Waals surface area contributed by atoms with Crippen LogP contribution in [0.1, 0.15) is 70.6 Å². The fourth-order valence-corrected chi connectivity index (χ4v) is 2.11. The molecule has 0 heteroatoms. The molecule has 0 spiro atoms. The first-order chi connectivity index (χ1) is 7.50. The molecule has 0 radical (unpaired) electrons. The highest BCUT2D eigenvalue weighted by Gasteiger charge is 1.92. The summed E-state index contributed by atoms with van der Waals surface area (Å²) in [5.41, 5.74) is 0. The van der Waals surface area contributed by atoms with Crippen LogP contribution in [0.2, 0.25) is 0 Å². The van der Waals surface area contributed by atoms with Crippen molar-refractivity contribution in [2.75, 3.05) is 0 Å². The van der Waals surface area contributed by atoms with Gasteiger partial charge in [-0.15, -0.1) is 0 Å². The molecule has 0 fully saturated rings. The van der Waals surface area contributed by atoms with Crippen molar-refractivity contribution in [1.82, 2.24) is 0 Å². The average Bonchev–Trinajstić information content (AvgIpc) is 2.27. The van der Waals surface area contributed by atoms with E-state index in [0.717, 1.165) is 0 Å². The van der Waals surface area contributed by atoms with Crippen LogP contribution >= 0.6 is 0 Å². The minimum atomic E-state index is 1.27. The molecule has 15 heavy (non-hydrogen) atoms. The van der Waals surface area contributed by atoms with Crippen LogP contribution in [0.4, 0.5) is 0 Å². The van der Waals surface area contributed by atoms with E-state index < -0.39 is 0 Å². The second-order valence-electron chi connectivity index (χ2n) is 4.62. The summed E-state index contributed by atoms with van der Waals surface area (Å²) < 4.78 is 0. The van der Waals surface area contributed by atoms with Crippen molar-refractivity contribution in [2.24, 2.45) is 0 Å². The molecule has 1 rings (SSSR count). The van der Waals surface area contributed by atoms with Crippen LogP contribution in [0, 0.1) is 0 Å². The van der Waals surface area contributed by atoms with Gasteiger partial charge in [-0.3, -0.25) is 0 Å². The summed E-state index contributed by atoms with van der Waals surface area (Å²) in [6, 6.07) is 0. The van der Waals surface area contributed by atoms with Crippen LogP contribution in [0.3, 0.4) is 0 Å². The molecular formula is C15H26. The third-order valence-electron chi connectivity index (χ3n) is 3.12. The molecular weight excluding hydrogens is 180 g/mol. The first-order valence-electron chi connectivity index (χ1n) is 6.82. The Morgan fingerprint density at radius 2 is 0.733 bits per heavy atom. The first kappa shape index (κ1) is 12.5. The molecule has 0 bridgehead atoms. The van der Waals surface area contributed by atoms with Gasteiger partial charge in [0.2, 0.25) is 0 Å². The Hall–Kier alpha value is -0.520. The van der Waals surface area contributed by atoms with Crippen LogP contribution in [-0.4, -0.2) is 0 Å². The van der Waals surface area contributed by atoms with Gasteiger partial charge in [0, 0.05) is 0 Å². The Labute approximate surface area is 95.5 Å². The number of hydrogen-bond donors (Lipinski definition) is 0. The topological polar surface area (TPSA) is 0 Å². The minimum Gasteiger partial charge on any atom is -0.0845 e. The van der Waals surface area contributed by atoms with Crippen molar-refractivity contribution in [1.29, 1.82) is 0 Å². The van der Waals surface area contributed by atoms with E-state index in [9.17, 15) is 0 Å². The van der Waals surface area contributed by atoms with E-state index in [0.29, 0.717) is 0 Å². The van der Waals surface area contributed by atoms with E-state index in [1.165, 1.54) is 70.6 Å².